The van der Waals surface area contributed by atoms with Gasteiger partial charge in [0.1, 0.15) is 11.5 Å². The molecule has 1 aromatic rings. The van der Waals surface area contributed by atoms with Gasteiger partial charge in [0.05, 0.1) is 10.9 Å². The maximum Gasteiger partial charge on any atom is 0.393 e. The molecule has 20 heavy (non-hydrogen) atoms. The minimum atomic E-state index is -4.30. The third-order valence-electron chi connectivity index (χ3n) is 3.24. The van der Waals surface area contributed by atoms with Gasteiger partial charge in [-0.1, -0.05) is 11.6 Å². The van der Waals surface area contributed by atoms with Gasteiger partial charge in [0.2, 0.25) is 0 Å². The lowest BCUT2D eigenvalue weighted by molar-refractivity contribution is -0.184. The van der Waals surface area contributed by atoms with Crippen molar-refractivity contribution in [1.29, 1.82) is 0 Å². The maximum absolute atomic E-state index is 12.7. The lowest BCUT2D eigenvalue weighted by atomic mass is 9.97. The summed E-state index contributed by atoms with van der Waals surface area (Å²) in [4.78, 5) is 17.1. The topological polar surface area (TPSA) is 59.2 Å². The van der Waals surface area contributed by atoms with Crippen LogP contribution in [-0.4, -0.2) is 35.1 Å². The van der Waals surface area contributed by atoms with E-state index in [1.165, 1.54) is 12.1 Å². The van der Waals surface area contributed by atoms with E-state index in [-0.39, 0.29) is 36.0 Å². The van der Waals surface area contributed by atoms with Gasteiger partial charge in [-0.2, -0.15) is 13.2 Å². The van der Waals surface area contributed by atoms with Crippen molar-refractivity contribution in [2.75, 3.05) is 18.8 Å². The van der Waals surface area contributed by atoms with E-state index in [0.717, 1.165) is 4.90 Å². The number of nitrogen functional groups attached to an aromatic ring is 1. The molecule has 1 aliphatic heterocycles. The molecule has 1 aromatic heterocycles. The van der Waals surface area contributed by atoms with Gasteiger partial charge in [-0.05, 0) is 25.0 Å². The number of rotatable bonds is 1. The Kier molecular flexibility index (Phi) is 4.08. The number of anilines is 1. The average molecular weight is 308 g/mol. The van der Waals surface area contributed by atoms with Crippen LogP contribution in [0.2, 0.25) is 5.02 Å². The van der Waals surface area contributed by atoms with Crippen LogP contribution < -0.4 is 5.73 Å². The van der Waals surface area contributed by atoms with Gasteiger partial charge in [-0.25, -0.2) is 4.98 Å². The maximum atomic E-state index is 12.7. The van der Waals surface area contributed by atoms with Crippen LogP contribution >= 0.6 is 11.6 Å². The number of aromatic nitrogens is 1. The molecule has 0 spiro atoms. The summed E-state index contributed by atoms with van der Waals surface area (Å²) in [6, 6.07) is 2.83. The van der Waals surface area contributed by atoms with Gasteiger partial charge in [-0.3, -0.25) is 4.79 Å². The molecule has 1 amide bonds. The number of alkyl halides is 3. The van der Waals surface area contributed by atoms with E-state index in [1.807, 2.05) is 0 Å². The quantitative estimate of drug-likeness (QED) is 0.868. The Labute approximate surface area is 118 Å². The van der Waals surface area contributed by atoms with Crippen LogP contribution in [0.25, 0.3) is 0 Å². The van der Waals surface area contributed by atoms with Gasteiger partial charge in [0.15, 0.2) is 0 Å². The fourth-order valence-electron chi connectivity index (χ4n) is 2.19. The van der Waals surface area contributed by atoms with Crippen molar-refractivity contribution in [3.63, 3.8) is 0 Å². The van der Waals surface area contributed by atoms with Crippen LogP contribution in [-0.2, 0) is 0 Å². The zero-order valence-electron chi connectivity index (χ0n) is 10.5. The lowest BCUT2D eigenvalue weighted by Crippen LogP contribution is -2.44. The molecule has 1 aliphatic rings. The van der Waals surface area contributed by atoms with E-state index >= 15 is 0 Å². The van der Waals surface area contributed by atoms with Crippen molar-refractivity contribution >= 4 is 23.3 Å². The lowest BCUT2D eigenvalue weighted by Gasteiger charge is -2.33. The van der Waals surface area contributed by atoms with Gasteiger partial charge in [0.25, 0.3) is 5.91 Å². The minimum Gasteiger partial charge on any atom is -0.384 e. The van der Waals surface area contributed by atoms with Gasteiger partial charge in [-0.15, -0.1) is 0 Å². The zero-order valence-corrected chi connectivity index (χ0v) is 11.2. The van der Waals surface area contributed by atoms with Crippen LogP contribution in [0.15, 0.2) is 12.1 Å². The normalized spacial score (nSPS) is 20.0. The van der Waals surface area contributed by atoms with E-state index in [4.69, 9.17) is 17.3 Å². The highest BCUT2D eigenvalue weighted by atomic mass is 35.5. The smallest absolute Gasteiger partial charge is 0.384 e. The highest BCUT2D eigenvalue weighted by molar-refractivity contribution is 6.33. The van der Waals surface area contributed by atoms with Crippen LogP contribution in [0.1, 0.15) is 23.3 Å². The number of likely N-dealkylation sites (tertiary alicyclic amines) is 1. The third-order valence-corrected chi connectivity index (χ3v) is 3.55. The number of hydrogen-bond donors (Lipinski definition) is 1. The number of nitrogens with two attached hydrogens (primary N) is 1. The summed E-state index contributed by atoms with van der Waals surface area (Å²) in [5.74, 6) is -2.02. The van der Waals surface area contributed by atoms with Crippen LogP contribution in [0, 0.1) is 5.92 Å². The van der Waals surface area contributed by atoms with Crippen molar-refractivity contribution in [2.24, 2.45) is 5.92 Å². The molecular formula is C12H13ClF3N3O. The molecule has 0 radical (unpaired) electrons. The standard InChI is InChI=1S/C12H13ClF3N3O/c13-8-3-4-9(17)18-10(8)11(20)19-5-1-2-7(6-19)12(14,15)16/h3-4,7H,1-2,5-6H2,(H2,17,18). The number of carbonyl (C=O) groups excluding carboxylic acids is 1. The van der Waals surface area contributed by atoms with E-state index in [9.17, 15) is 18.0 Å². The van der Waals surface area contributed by atoms with Crippen LogP contribution in [0.3, 0.4) is 0 Å². The van der Waals surface area contributed by atoms with Crippen LogP contribution in [0.5, 0.6) is 0 Å². The van der Waals surface area contributed by atoms with Crippen molar-refractivity contribution < 1.29 is 18.0 Å². The number of piperidine rings is 1. The Balaban J connectivity index is 2.18. The summed E-state index contributed by atoms with van der Waals surface area (Å²) in [5, 5.41) is 0.0818. The fourth-order valence-corrected chi connectivity index (χ4v) is 2.37. The Bertz CT molecular complexity index is 521. The second-order valence-electron chi connectivity index (χ2n) is 4.70. The summed E-state index contributed by atoms with van der Waals surface area (Å²) in [5.41, 5.74) is 5.37. The van der Waals surface area contributed by atoms with E-state index in [0.29, 0.717) is 6.42 Å². The highest BCUT2D eigenvalue weighted by Gasteiger charge is 2.43. The molecule has 2 heterocycles. The number of hydrogen-bond acceptors (Lipinski definition) is 3. The first-order chi connectivity index (χ1) is 9.29. The molecule has 8 heteroatoms. The Morgan fingerprint density at radius 2 is 2.15 bits per heavy atom. The summed E-state index contributed by atoms with van der Waals surface area (Å²) in [6.07, 6.45) is -3.97. The monoisotopic (exact) mass is 307 g/mol. The minimum absolute atomic E-state index is 0.0331. The molecule has 1 saturated heterocycles. The van der Waals surface area contributed by atoms with Crippen LogP contribution in [0.4, 0.5) is 19.0 Å². The summed E-state index contributed by atoms with van der Waals surface area (Å²) in [7, 11) is 0. The van der Waals surface area contributed by atoms with E-state index in [2.05, 4.69) is 4.98 Å². The molecular weight excluding hydrogens is 295 g/mol. The van der Waals surface area contributed by atoms with E-state index < -0.39 is 18.0 Å². The number of halogens is 4. The molecule has 4 nitrogen and oxygen atoms in total. The molecule has 2 N–H and O–H groups in total. The number of amides is 1. The largest absolute Gasteiger partial charge is 0.393 e. The highest BCUT2D eigenvalue weighted by Crippen LogP contribution is 2.33. The van der Waals surface area contributed by atoms with Gasteiger partial charge in [0, 0.05) is 13.1 Å². The Morgan fingerprint density at radius 3 is 2.80 bits per heavy atom. The number of carbonyl (C=O) groups is 1. The molecule has 110 valence electrons. The first-order valence-corrected chi connectivity index (χ1v) is 6.45. The summed E-state index contributed by atoms with van der Waals surface area (Å²) in [6.45, 7) is -0.104. The molecule has 2 rings (SSSR count). The molecule has 0 aromatic carbocycles. The predicted molar refractivity (Wildman–Crippen MR) is 68.3 cm³/mol. The predicted octanol–water partition coefficient (Wildman–Crippen LogP) is 2.73. The zero-order chi connectivity index (χ0) is 14.9. The molecule has 1 fully saturated rings. The van der Waals surface area contributed by atoms with Crippen molar-refractivity contribution in [3.8, 4) is 0 Å². The number of nitrogens with zero attached hydrogens (tertiary/aromatic N) is 2. The summed E-state index contributed by atoms with van der Waals surface area (Å²) < 4.78 is 38.2. The third kappa shape index (κ3) is 3.15. The first-order valence-electron chi connectivity index (χ1n) is 6.07. The summed E-state index contributed by atoms with van der Waals surface area (Å²) >= 11 is 5.85. The first kappa shape index (κ1) is 14.9. The van der Waals surface area contributed by atoms with Gasteiger partial charge >= 0.3 is 6.18 Å². The molecule has 1 atom stereocenters. The van der Waals surface area contributed by atoms with Crippen molar-refractivity contribution in [2.45, 2.75) is 19.0 Å². The van der Waals surface area contributed by atoms with Gasteiger partial charge < -0.3 is 10.6 Å². The Morgan fingerprint density at radius 1 is 1.45 bits per heavy atom. The van der Waals surface area contributed by atoms with E-state index in [1.54, 1.807) is 0 Å². The fraction of sp³-hybridized carbons (Fsp3) is 0.500. The second-order valence-corrected chi connectivity index (χ2v) is 5.11. The molecule has 1 unspecified atom stereocenters. The Hall–Kier alpha value is -1.50. The number of pyridine rings is 1. The molecule has 0 saturated carbocycles. The van der Waals surface area contributed by atoms with Crippen molar-refractivity contribution in [1.82, 2.24) is 9.88 Å². The average Bonchev–Trinajstić information content (AvgIpc) is 2.40. The molecule has 0 bridgehead atoms. The SMILES string of the molecule is Nc1ccc(Cl)c(C(=O)N2CCCC(C(F)(F)F)C2)n1. The van der Waals surface area contributed by atoms with Crippen molar-refractivity contribution in [3.05, 3.63) is 22.8 Å². The molecule has 0 aliphatic carbocycles. The second kappa shape index (κ2) is 5.47.